The Kier molecular flexibility index (Phi) is 6.63. The van der Waals surface area contributed by atoms with Crippen LogP contribution in [0.1, 0.15) is 36.8 Å². The van der Waals surface area contributed by atoms with Crippen molar-refractivity contribution < 1.29 is 26.5 Å². The van der Waals surface area contributed by atoms with E-state index in [0.29, 0.717) is 0 Å². The molecule has 10 heteroatoms. The summed E-state index contributed by atoms with van der Waals surface area (Å²) in [7, 11) is -4.23. The Labute approximate surface area is 185 Å². The van der Waals surface area contributed by atoms with Crippen molar-refractivity contribution in [3.8, 4) is 0 Å². The highest BCUT2D eigenvalue weighted by Crippen LogP contribution is 2.29. The third-order valence-electron chi connectivity index (χ3n) is 4.85. The quantitative estimate of drug-likeness (QED) is 0.556. The number of halogens is 2. The number of carbonyl (C=O) groups excluding carboxylic acids is 1. The van der Waals surface area contributed by atoms with E-state index in [9.17, 15) is 22.0 Å². The smallest absolute Gasteiger partial charge is 0.270 e. The van der Waals surface area contributed by atoms with Crippen LogP contribution in [0.4, 0.5) is 20.2 Å². The van der Waals surface area contributed by atoms with Crippen LogP contribution in [-0.2, 0) is 14.8 Å². The number of sulfonamides is 1. The molecule has 170 valence electrons. The van der Waals surface area contributed by atoms with Gasteiger partial charge >= 0.3 is 0 Å². The summed E-state index contributed by atoms with van der Waals surface area (Å²) in [4.78, 5) is 12.5. The highest BCUT2D eigenvalue weighted by molar-refractivity contribution is 7.93. The highest BCUT2D eigenvalue weighted by Gasteiger charge is 2.33. The molecule has 1 heterocycles. The summed E-state index contributed by atoms with van der Waals surface area (Å²) >= 11 is 0. The number of nitrogens with zero attached hydrogens (tertiary/aromatic N) is 2. The summed E-state index contributed by atoms with van der Waals surface area (Å²) in [6.45, 7) is 6.36. The Morgan fingerprint density at radius 2 is 1.75 bits per heavy atom. The molecule has 0 aliphatic carbocycles. The second-order valence-corrected chi connectivity index (χ2v) is 9.39. The van der Waals surface area contributed by atoms with Crippen LogP contribution in [0.25, 0.3) is 0 Å². The van der Waals surface area contributed by atoms with Gasteiger partial charge in [-0.2, -0.15) is 0 Å². The van der Waals surface area contributed by atoms with E-state index in [1.807, 2.05) is 13.8 Å². The second kappa shape index (κ2) is 9.07. The first kappa shape index (κ1) is 23.4. The molecule has 0 spiro atoms. The molecule has 32 heavy (non-hydrogen) atoms. The Balaban J connectivity index is 1.98. The van der Waals surface area contributed by atoms with Crippen LogP contribution in [0.5, 0.6) is 0 Å². The van der Waals surface area contributed by atoms with Crippen LogP contribution in [0.15, 0.2) is 51.9 Å². The Hall–Kier alpha value is -3.27. The fourth-order valence-corrected chi connectivity index (χ4v) is 4.92. The molecule has 2 aromatic carbocycles. The number of aryl methyl sites for hydroxylation is 2. The summed E-state index contributed by atoms with van der Waals surface area (Å²) < 4.78 is 59.5. The molecule has 0 fully saturated rings. The zero-order chi connectivity index (χ0) is 23.6. The van der Waals surface area contributed by atoms with Crippen molar-refractivity contribution in [3.05, 3.63) is 71.1 Å². The number of benzene rings is 2. The van der Waals surface area contributed by atoms with Crippen LogP contribution in [0, 0.1) is 25.5 Å². The maximum absolute atomic E-state index is 13.5. The maximum Gasteiger partial charge on any atom is 0.270 e. The van der Waals surface area contributed by atoms with Crippen molar-refractivity contribution in [3.63, 3.8) is 0 Å². The lowest BCUT2D eigenvalue weighted by molar-refractivity contribution is -0.114. The molecular weight excluding hydrogens is 440 g/mol. The Bertz CT molecular complexity index is 1220. The second-order valence-electron chi connectivity index (χ2n) is 7.59. The molecule has 0 radical (unpaired) electrons. The van der Waals surface area contributed by atoms with Gasteiger partial charge in [0.05, 0.1) is 5.69 Å². The van der Waals surface area contributed by atoms with Crippen molar-refractivity contribution >= 4 is 27.3 Å². The van der Waals surface area contributed by atoms with Crippen LogP contribution < -0.4 is 9.62 Å². The van der Waals surface area contributed by atoms with Crippen molar-refractivity contribution in [1.82, 2.24) is 5.16 Å². The SMILES string of the molecule is Cc1noc(C)c1S(=O)(=O)N(CC(=O)Nc1ccc(F)c(F)c1)c1ccc(C(C)C)cc1. The van der Waals surface area contributed by atoms with E-state index >= 15 is 0 Å². The number of rotatable bonds is 7. The topological polar surface area (TPSA) is 92.5 Å². The monoisotopic (exact) mass is 463 g/mol. The average molecular weight is 464 g/mol. The van der Waals surface area contributed by atoms with Crippen molar-refractivity contribution in [2.75, 3.05) is 16.2 Å². The van der Waals surface area contributed by atoms with Gasteiger partial charge in [-0.15, -0.1) is 0 Å². The van der Waals surface area contributed by atoms with Gasteiger partial charge in [0.2, 0.25) is 5.91 Å². The lowest BCUT2D eigenvalue weighted by atomic mass is 10.0. The fraction of sp³-hybridized carbons (Fsp3) is 0.273. The van der Waals surface area contributed by atoms with Gasteiger partial charge in [0.1, 0.15) is 12.2 Å². The molecular formula is C22H23F2N3O4S. The number of anilines is 2. The normalized spacial score (nSPS) is 11.6. The number of nitrogens with one attached hydrogen (secondary N) is 1. The standard InChI is InChI=1S/C22H23F2N3O4S/c1-13(2)16-5-8-18(9-6-16)27(32(29,30)22-14(3)26-31-15(22)4)12-21(28)25-17-7-10-19(23)20(24)11-17/h5-11,13H,12H2,1-4H3,(H,25,28). The summed E-state index contributed by atoms with van der Waals surface area (Å²) in [5, 5.41) is 6.10. The van der Waals surface area contributed by atoms with Crippen LogP contribution >= 0.6 is 0 Å². The van der Waals surface area contributed by atoms with E-state index < -0.39 is 34.1 Å². The number of amides is 1. The molecule has 0 saturated heterocycles. The molecule has 0 atom stereocenters. The molecule has 7 nitrogen and oxygen atoms in total. The predicted molar refractivity (Wildman–Crippen MR) is 116 cm³/mol. The first-order valence-electron chi connectivity index (χ1n) is 9.81. The minimum absolute atomic E-state index is 0.00116. The molecule has 1 aromatic heterocycles. The van der Waals surface area contributed by atoms with E-state index in [4.69, 9.17) is 4.52 Å². The average Bonchev–Trinajstić information content (AvgIpc) is 3.07. The Morgan fingerprint density at radius 1 is 1.09 bits per heavy atom. The van der Waals surface area contributed by atoms with Crippen molar-refractivity contribution in [1.29, 1.82) is 0 Å². The van der Waals surface area contributed by atoms with Gasteiger partial charge < -0.3 is 9.84 Å². The van der Waals surface area contributed by atoms with Gasteiger partial charge in [0, 0.05) is 11.8 Å². The van der Waals surface area contributed by atoms with Crippen LogP contribution in [-0.4, -0.2) is 26.0 Å². The molecule has 3 rings (SSSR count). The molecule has 0 saturated carbocycles. The zero-order valence-electron chi connectivity index (χ0n) is 18.0. The summed E-state index contributed by atoms with van der Waals surface area (Å²) in [6.07, 6.45) is 0. The third kappa shape index (κ3) is 4.80. The number of hydrogen-bond acceptors (Lipinski definition) is 5. The Morgan fingerprint density at radius 3 is 2.28 bits per heavy atom. The van der Waals surface area contributed by atoms with Crippen LogP contribution in [0.2, 0.25) is 0 Å². The minimum atomic E-state index is -4.23. The predicted octanol–water partition coefficient (Wildman–Crippen LogP) is 4.53. The molecule has 1 amide bonds. The fourth-order valence-electron chi connectivity index (χ4n) is 3.20. The van der Waals surface area contributed by atoms with Gasteiger partial charge in [-0.3, -0.25) is 9.10 Å². The minimum Gasteiger partial charge on any atom is -0.360 e. The van der Waals surface area contributed by atoms with Crippen LogP contribution in [0.3, 0.4) is 0 Å². The third-order valence-corrected chi connectivity index (χ3v) is 6.87. The van der Waals surface area contributed by atoms with Gasteiger partial charge in [0.15, 0.2) is 22.3 Å². The van der Waals surface area contributed by atoms with Gasteiger partial charge in [0.25, 0.3) is 10.0 Å². The lowest BCUT2D eigenvalue weighted by Gasteiger charge is -2.24. The van der Waals surface area contributed by atoms with E-state index in [1.165, 1.54) is 19.9 Å². The molecule has 0 aliphatic heterocycles. The molecule has 0 aliphatic rings. The van der Waals surface area contributed by atoms with Gasteiger partial charge in [-0.1, -0.05) is 31.1 Å². The molecule has 0 unspecified atom stereocenters. The summed E-state index contributed by atoms with van der Waals surface area (Å²) in [5.74, 6) is -2.61. The number of aromatic nitrogens is 1. The summed E-state index contributed by atoms with van der Waals surface area (Å²) in [6, 6.07) is 9.64. The maximum atomic E-state index is 13.5. The van der Waals surface area contributed by atoms with E-state index in [1.54, 1.807) is 24.3 Å². The molecule has 1 N–H and O–H groups in total. The zero-order valence-corrected chi connectivity index (χ0v) is 18.8. The summed E-state index contributed by atoms with van der Waals surface area (Å²) in [5.41, 5.74) is 1.41. The number of carbonyl (C=O) groups is 1. The number of hydrogen-bond donors (Lipinski definition) is 1. The van der Waals surface area contributed by atoms with Crippen molar-refractivity contribution in [2.24, 2.45) is 0 Å². The van der Waals surface area contributed by atoms with Crippen molar-refractivity contribution in [2.45, 2.75) is 38.5 Å². The van der Waals surface area contributed by atoms with E-state index in [0.717, 1.165) is 22.0 Å². The van der Waals surface area contributed by atoms with E-state index in [-0.39, 0.29) is 33.6 Å². The first-order chi connectivity index (χ1) is 15.0. The molecule has 0 bridgehead atoms. The first-order valence-corrected chi connectivity index (χ1v) is 11.2. The lowest BCUT2D eigenvalue weighted by Crippen LogP contribution is -2.38. The highest BCUT2D eigenvalue weighted by atomic mass is 32.2. The van der Waals surface area contributed by atoms with E-state index in [2.05, 4.69) is 10.5 Å². The van der Waals surface area contributed by atoms with Gasteiger partial charge in [-0.05, 0) is 49.6 Å². The largest absolute Gasteiger partial charge is 0.360 e. The van der Waals surface area contributed by atoms with Gasteiger partial charge in [-0.25, -0.2) is 17.2 Å². The molecule has 3 aromatic rings.